The van der Waals surface area contributed by atoms with Gasteiger partial charge in [0.15, 0.2) is 0 Å². The van der Waals surface area contributed by atoms with Gasteiger partial charge in [-0.3, -0.25) is 0 Å². The fourth-order valence-corrected chi connectivity index (χ4v) is 2.11. The Bertz CT molecular complexity index is 657. The number of halogens is 1. The average Bonchev–Trinajstić information content (AvgIpc) is 2.54. The Kier molecular flexibility index (Phi) is 7.26. The van der Waals surface area contributed by atoms with E-state index in [0.717, 1.165) is 0 Å². The molecule has 0 bridgehead atoms. The van der Waals surface area contributed by atoms with Crippen LogP contribution >= 0.6 is 15.9 Å². The zero-order valence-corrected chi connectivity index (χ0v) is 16.1. The van der Waals surface area contributed by atoms with E-state index in [2.05, 4.69) is 21.0 Å². The van der Waals surface area contributed by atoms with E-state index in [-0.39, 0.29) is 81.5 Å². The number of aryl methyl sites for hydroxylation is 1. The van der Waals surface area contributed by atoms with Crippen molar-refractivity contribution in [1.29, 1.82) is 0 Å². The molecule has 0 radical (unpaired) electrons. The van der Waals surface area contributed by atoms with Crippen molar-refractivity contribution in [1.82, 2.24) is 9.61 Å². The minimum Gasteiger partial charge on any atom is -0.545 e. The molecule has 0 atom stereocenters. The van der Waals surface area contributed by atoms with Crippen LogP contribution < -0.4 is 69.3 Å². The summed E-state index contributed by atoms with van der Waals surface area (Å²) < 4.78 is 1.61. The van der Waals surface area contributed by atoms with Gasteiger partial charge in [-0.2, -0.15) is 5.10 Å². The number of aromatic nitrogens is 2. The molecule has 6 nitrogen and oxygen atoms in total. The van der Waals surface area contributed by atoms with E-state index in [9.17, 15) is 19.8 Å². The van der Waals surface area contributed by atoms with Crippen molar-refractivity contribution in [2.75, 3.05) is 0 Å². The molecule has 0 amide bonds. The molecular weight excluding hydrogens is 338 g/mol. The van der Waals surface area contributed by atoms with Gasteiger partial charge in [0.05, 0.1) is 23.1 Å². The first-order valence-corrected chi connectivity index (χ1v) is 5.32. The van der Waals surface area contributed by atoms with Crippen LogP contribution in [0.25, 0.3) is 5.52 Å². The Balaban J connectivity index is 0.00000162. The van der Waals surface area contributed by atoms with Crippen molar-refractivity contribution in [2.24, 2.45) is 0 Å². The Hall–Kier alpha value is 0.110. The minimum absolute atomic E-state index is 0. The van der Waals surface area contributed by atoms with Gasteiger partial charge in [0.2, 0.25) is 0 Å². The van der Waals surface area contributed by atoms with Crippen molar-refractivity contribution in [3.8, 4) is 0 Å². The van der Waals surface area contributed by atoms with Crippen LogP contribution in [0.15, 0.2) is 16.7 Å². The maximum absolute atomic E-state index is 10.9. The number of pyridine rings is 1. The maximum Gasteiger partial charge on any atom is 1.00 e. The van der Waals surface area contributed by atoms with Gasteiger partial charge in [0.1, 0.15) is 4.60 Å². The zero-order valence-electron chi connectivity index (χ0n) is 10.6. The second-order valence-electron chi connectivity index (χ2n) is 3.40. The fraction of sp³-hybridized carbons (Fsp3) is 0.100. The van der Waals surface area contributed by atoms with Crippen LogP contribution in [0.5, 0.6) is 0 Å². The van der Waals surface area contributed by atoms with Crippen LogP contribution in [0.3, 0.4) is 0 Å². The van der Waals surface area contributed by atoms with E-state index >= 15 is 0 Å². The van der Waals surface area contributed by atoms with Crippen molar-refractivity contribution in [3.05, 3.63) is 33.6 Å². The van der Waals surface area contributed by atoms with E-state index in [0.29, 0.717) is 4.60 Å². The molecular formula is C10H5BrN2Na2O4. The van der Waals surface area contributed by atoms with Crippen molar-refractivity contribution < 1.29 is 78.9 Å². The summed E-state index contributed by atoms with van der Waals surface area (Å²) in [6, 6.07) is 2.47. The standard InChI is InChI=1S/C10H7BrN2O4.2Na/c1-4-8(10(16)17)6-2-5(9(14)15)3-7(11)13(6)12-4;;/h2-3H,1H3,(H,14,15)(H,16,17);;/q;2*+1/p-2. The molecule has 0 saturated carbocycles. The molecule has 0 aliphatic carbocycles. The topological polar surface area (TPSA) is 97.6 Å². The summed E-state index contributed by atoms with van der Waals surface area (Å²) >= 11 is 3.11. The maximum atomic E-state index is 10.9. The first-order valence-electron chi connectivity index (χ1n) is 4.53. The fourth-order valence-electron chi connectivity index (χ4n) is 1.59. The summed E-state index contributed by atoms with van der Waals surface area (Å²) in [7, 11) is 0. The quantitative estimate of drug-likeness (QED) is 0.399. The zero-order chi connectivity index (χ0) is 12.7. The number of aromatic carboxylic acids is 2. The van der Waals surface area contributed by atoms with Crippen LogP contribution in [0.2, 0.25) is 0 Å². The molecule has 0 unspecified atom stereocenters. The molecule has 2 heterocycles. The molecule has 9 heteroatoms. The summed E-state index contributed by atoms with van der Waals surface area (Å²) in [5.41, 5.74) is 0.137. The molecule has 2 aromatic heterocycles. The largest absolute Gasteiger partial charge is 1.00 e. The predicted octanol–water partition coefficient (Wildman–Crippen LogP) is -6.86. The number of fused-ring (bicyclic) bond motifs is 1. The predicted molar refractivity (Wildman–Crippen MR) is 56.3 cm³/mol. The number of carboxylic acid groups (broad SMARTS) is 2. The molecule has 0 saturated heterocycles. The van der Waals surface area contributed by atoms with E-state index in [1.807, 2.05) is 0 Å². The van der Waals surface area contributed by atoms with Crippen molar-refractivity contribution in [3.63, 3.8) is 0 Å². The SMILES string of the molecule is Cc1nn2c(Br)cc(C(=O)[O-])cc2c1C(=O)[O-].[Na+].[Na+]. The molecule has 0 spiro atoms. The smallest absolute Gasteiger partial charge is 0.545 e. The van der Waals surface area contributed by atoms with Gasteiger partial charge in [-0.15, -0.1) is 0 Å². The van der Waals surface area contributed by atoms with Crippen molar-refractivity contribution in [2.45, 2.75) is 6.92 Å². The van der Waals surface area contributed by atoms with Crippen LogP contribution in [0, 0.1) is 6.92 Å². The summed E-state index contributed by atoms with van der Waals surface area (Å²) in [5.74, 6) is -2.80. The third-order valence-electron chi connectivity index (χ3n) is 2.31. The Morgan fingerprint density at radius 2 is 1.79 bits per heavy atom. The molecule has 2 rings (SSSR count). The number of hydrogen-bond acceptors (Lipinski definition) is 5. The summed E-state index contributed by atoms with van der Waals surface area (Å²) in [5, 5.41) is 25.7. The molecule has 88 valence electrons. The van der Waals surface area contributed by atoms with Gasteiger partial charge in [-0.1, -0.05) is 0 Å². The molecule has 19 heavy (non-hydrogen) atoms. The summed E-state index contributed by atoms with van der Waals surface area (Å²) in [6.45, 7) is 1.50. The minimum atomic E-state index is -1.40. The Morgan fingerprint density at radius 3 is 2.26 bits per heavy atom. The first kappa shape index (κ1) is 19.1. The van der Waals surface area contributed by atoms with Crippen LogP contribution in [0.1, 0.15) is 26.4 Å². The third-order valence-corrected chi connectivity index (χ3v) is 2.87. The number of carboxylic acids is 2. The van der Waals surface area contributed by atoms with Gasteiger partial charge in [-0.05, 0) is 35.0 Å². The Labute approximate surface area is 160 Å². The van der Waals surface area contributed by atoms with E-state index in [1.165, 1.54) is 23.6 Å². The van der Waals surface area contributed by atoms with Crippen LogP contribution in [0.4, 0.5) is 0 Å². The van der Waals surface area contributed by atoms with Gasteiger partial charge in [0.25, 0.3) is 0 Å². The first-order chi connectivity index (χ1) is 7.91. The number of rotatable bonds is 2. The van der Waals surface area contributed by atoms with Gasteiger partial charge in [0, 0.05) is 11.1 Å². The molecule has 0 fully saturated rings. The van der Waals surface area contributed by atoms with E-state index in [4.69, 9.17) is 0 Å². The molecule has 0 N–H and O–H groups in total. The van der Waals surface area contributed by atoms with Gasteiger partial charge < -0.3 is 19.8 Å². The Morgan fingerprint density at radius 1 is 1.21 bits per heavy atom. The number of nitrogens with zero attached hydrogens (tertiary/aromatic N) is 2. The molecule has 0 aliphatic heterocycles. The monoisotopic (exact) mass is 342 g/mol. The number of hydrogen-bond donors (Lipinski definition) is 0. The molecule has 0 aromatic carbocycles. The van der Waals surface area contributed by atoms with E-state index in [1.54, 1.807) is 0 Å². The summed E-state index contributed by atoms with van der Waals surface area (Å²) in [4.78, 5) is 21.7. The number of carbonyl (C=O) groups excluding carboxylic acids is 2. The van der Waals surface area contributed by atoms with Gasteiger partial charge >= 0.3 is 59.1 Å². The molecule has 0 aliphatic rings. The average molecular weight is 343 g/mol. The normalized spacial score (nSPS) is 9.58. The summed E-state index contributed by atoms with van der Waals surface area (Å²) in [6.07, 6.45) is 0. The second-order valence-corrected chi connectivity index (χ2v) is 4.21. The van der Waals surface area contributed by atoms with E-state index < -0.39 is 11.9 Å². The van der Waals surface area contributed by atoms with Gasteiger partial charge in [-0.25, -0.2) is 4.52 Å². The number of carbonyl (C=O) groups is 2. The van der Waals surface area contributed by atoms with Crippen LogP contribution in [-0.4, -0.2) is 21.6 Å². The molecule has 2 aromatic rings. The third kappa shape index (κ3) is 3.60. The van der Waals surface area contributed by atoms with Crippen molar-refractivity contribution >= 4 is 33.4 Å². The van der Waals surface area contributed by atoms with Crippen LogP contribution in [-0.2, 0) is 0 Å². The second kappa shape index (κ2) is 7.21.